The number of anilines is 2. The van der Waals surface area contributed by atoms with Crippen molar-refractivity contribution < 1.29 is 5.11 Å². The molecule has 5 heteroatoms. The Morgan fingerprint density at radius 1 is 1.26 bits per heavy atom. The molecule has 0 aromatic carbocycles. The van der Waals surface area contributed by atoms with Crippen LogP contribution in [0.5, 0.6) is 0 Å². The maximum atomic E-state index is 9.97. The maximum Gasteiger partial charge on any atom is 0.222 e. The molecular formula is C14H18N4O. The van der Waals surface area contributed by atoms with Gasteiger partial charge in [0.2, 0.25) is 5.95 Å². The second-order valence-corrected chi connectivity index (χ2v) is 4.68. The first kappa shape index (κ1) is 13.3. The van der Waals surface area contributed by atoms with Crippen LogP contribution in [0.4, 0.5) is 11.8 Å². The molecule has 0 saturated carbocycles. The first-order chi connectivity index (χ1) is 8.93. The van der Waals surface area contributed by atoms with Gasteiger partial charge < -0.3 is 16.6 Å². The smallest absolute Gasteiger partial charge is 0.222 e. The highest BCUT2D eigenvalue weighted by Crippen LogP contribution is 2.28. The van der Waals surface area contributed by atoms with Gasteiger partial charge in [0, 0.05) is 5.56 Å². The van der Waals surface area contributed by atoms with E-state index in [1.165, 1.54) is 0 Å². The van der Waals surface area contributed by atoms with Crippen LogP contribution in [0.15, 0.2) is 30.4 Å². The molecule has 1 unspecified atom stereocenters. The number of aromatic nitrogens is 2. The SMILES string of the molecule is CCc1nc(N)nc(N)c1C1=CC=CC(C)(O)C=C1. The van der Waals surface area contributed by atoms with Crippen molar-refractivity contribution in [3.63, 3.8) is 0 Å². The van der Waals surface area contributed by atoms with E-state index in [-0.39, 0.29) is 5.95 Å². The molecule has 0 amide bonds. The number of hydrogen-bond acceptors (Lipinski definition) is 5. The maximum absolute atomic E-state index is 9.97. The fourth-order valence-electron chi connectivity index (χ4n) is 2.00. The van der Waals surface area contributed by atoms with Gasteiger partial charge >= 0.3 is 0 Å². The third kappa shape index (κ3) is 2.82. The quantitative estimate of drug-likeness (QED) is 0.746. The highest BCUT2D eigenvalue weighted by atomic mass is 16.3. The molecule has 0 spiro atoms. The molecule has 1 atom stereocenters. The number of allylic oxidation sites excluding steroid dienone is 4. The molecule has 100 valence electrons. The van der Waals surface area contributed by atoms with Crippen molar-refractivity contribution in [1.82, 2.24) is 9.97 Å². The molecule has 0 fully saturated rings. The fourth-order valence-corrected chi connectivity index (χ4v) is 2.00. The summed E-state index contributed by atoms with van der Waals surface area (Å²) in [4.78, 5) is 8.23. The highest BCUT2D eigenvalue weighted by molar-refractivity contribution is 5.83. The Bertz CT molecular complexity index is 585. The van der Waals surface area contributed by atoms with Gasteiger partial charge in [0.15, 0.2) is 0 Å². The van der Waals surface area contributed by atoms with Crippen molar-refractivity contribution in [3.8, 4) is 0 Å². The number of nitrogen functional groups attached to an aromatic ring is 2. The van der Waals surface area contributed by atoms with Crippen molar-refractivity contribution in [1.29, 1.82) is 0 Å². The first-order valence-electron chi connectivity index (χ1n) is 6.16. The lowest BCUT2D eigenvalue weighted by Crippen LogP contribution is -2.15. The average Bonchev–Trinajstić information content (AvgIpc) is 2.49. The van der Waals surface area contributed by atoms with Gasteiger partial charge in [-0.2, -0.15) is 4.98 Å². The van der Waals surface area contributed by atoms with Crippen LogP contribution in [-0.2, 0) is 6.42 Å². The summed E-state index contributed by atoms with van der Waals surface area (Å²) in [5.74, 6) is 0.536. The normalized spacial score (nSPS) is 22.2. The minimum atomic E-state index is -0.964. The summed E-state index contributed by atoms with van der Waals surface area (Å²) in [7, 11) is 0. The van der Waals surface area contributed by atoms with E-state index in [1.807, 2.05) is 19.1 Å². The topological polar surface area (TPSA) is 98.0 Å². The Morgan fingerprint density at radius 2 is 2.00 bits per heavy atom. The van der Waals surface area contributed by atoms with Crippen LogP contribution in [0.25, 0.3) is 5.57 Å². The van der Waals surface area contributed by atoms with E-state index in [2.05, 4.69) is 9.97 Å². The van der Waals surface area contributed by atoms with E-state index in [1.54, 1.807) is 25.2 Å². The van der Waals surface area contributed by atoms with Gasteiger partial charge in [0.1, 0.15) is 5.82 Å². The molecular weight excluding hydrogens is 240 g/mol. The van der Waals surface area contributed by atoms with Crippen LogP contribution in [0.3, 0.4) is 0 Å². The zero-order valence-corrected chi connectivity index (χ0v) is 11.1. The first-order valence-corrected chi connectivity index (χ1v) is 6.16. The molecule has 0 radical (unpaired) electrons. The Hall–Kier alpha value is -2.14. The lowest BCUT2D eigenvalue weighted by molar-refractivity contribution is 0.164. The Balaban J connectivity index is 2.54. The minimum absolute atomic E-state index is 0.179. The lowest BCUT2D eigenvalue weighted by Gasteiger charge is -2.13. The Kier molecular flexibility index (Phi) is 3.40. The summed E-state index contributed by atoms with van der Waals surface area (Å²) in [5.41, 5.74) is 13.0. The third-order valence-electron chi connectivity index (χ3n) is 2.96. The van der Waals surface area contributed by atoms with Crippen LogP contribution in [0.1, 0.15) is 25.1 Å². The number of rotatable bonds is 2. The van der Waals surface area contributed by atoms with Gasteiger partial charge in [0.25, 0.3) is 0 Å². The molecule has 1 aliphatic rings. The van der Waals surface area contributed by atoms with Gasteiger partial charge in [-0.3, -0.25) is 0 Å². The number of aliphatic hydroxyl groups is 1. The van der Waals surface area contributed by atoms with Crippen LogP contribution < -0.4 is 11.5 Å². The van der Waals surface area contributed by atoms with E-state index in [4.69, 9.17) is 11.5 Å². The van der Waals surface area contributed by atoms with E-state index in [0.29, 0.717) is 12.2 Å². The summed E-state index contributed by atoms with van der Waals surface area (Å²) < 4.78 is 0. The van der Waals surface area contributed by atoms with Crippen LogP contribution in [-0.4, -0.2) is 20.7 Å². The molecule has 1 aromatic heterocycles. The lowest BCUT2D eigenvalue weighted by atomic mass is 10.0. The molecule has 1 aromatic rings. The van der Waals surface area contributed by atoms with Crippen LogP contribution in [0.2, 0.25) is 0 Å². The third-order valence-corrected chi connectivity index (χ3v) is 2.96. The van der Waals surface area contributed by atoms with Crippen molar-refractivity contribution >= 4 is 17.3 Å². The number of nitrogens with zero attached hydrogens (tertiary/aromatic N) is 2. The van der Waals surface area contributed by atoms with Gasteiger partial charge in [0.05, 0.1) is 11.3 Å². The molecule has 5 N–H and O–H groups in total. The zero-order chi connectivity index (χ0) is 14.0. The van der Waals surface area contributed by atoms with E-state index in [0.717, 1.165) is 16.8 Å². The van der Waals surface area contributed by atoms with Crippen molar-refractivity contribution in [2.45, 2.75) is 25.9 Å². The largest absolute Gasteiger partial charge is 0.383 e. The van der Waals surface area contributed by atoms with Gasteiger partial charge in [-0.15, -0.1) is 0 Å². The fraction of sp³-hybridized carbons (Fsp3) is 0.286. The van der Waals surface area contributed by atoms with Gasteiger partial charge in [-0.05, 0) is 31.1 Å². The molecule has 2 rings (SSSR count). The predicted octanol–water partition coefficient (Wildman–Crippen LogP) is 1.46. The van der Waals surface area contributed by atoms with E-state index >= 15 is 0 Å². The van der Waals surface area contributed by atoms with E-state index < -0.39 is 5.60 Å². The summed E-state index contributed by atoms with van der Waals surface area (Å²) in [5, 5.41) is 9.97. The number of hydrogen-bond donors (Lipinski definition) is 3. The van der Waals surface area contributed by atoms with Gasteiger partial charge in [-0.25, -0.2) is 4.98 Å². The second kappa shape index (κ2) is 4.85. The molecule has 1 aliphatic carbocycles. The molecule has 5 nitrogen and oxygen atoms in total. The number of nitrogens with two attached hydrogens (primary N) is 2. The average molecular weight is 258 g/mol. The standard InChI is InChI=1S/C14H18N4O/c1-3-10-11(12(15)18-13(16)17-10)9-5-4-7-14(2,19)8-6-9/h4-8,19H,3H2,1-2H3,(H4,15,16,17,18). The summed E-state index contributed by atoms with van der Waals surface area (Å²) in [6.45, 7) is 3.69. The number of aryl methyl sites for hydroxylation is 1. The van der Waals surface area contributed by atoms with Crippen molar-refractivity contribution in [2.75, 3.05) is 11.5 Å². The molecule has 0 bridgehead atoms. The molecule has 0 aliphatic heterocycles. The highest BCUT2D eigenvalue weighted by Gasteiger charge is 2.17. The Morgan fingerprint density at radius 3 is 2.68 bits per heavy atom. The molecule has 1 heterocycles. The Labute approximate surface area is 112 Å². The second-order valence-electron chi connectivity index (χ2n) is 4.68. The van der Waals surface area contributed by atoms with Crippen molar-refractivity contribution in [2.24, 2.45) is 0 Å². The molecule has 0 saturated heterocycles. The van der Waals surface area contributed by atoms with Gasteiger partial charge in [-0.1, -0.05) is 25.2 Å². The predicted molar refractivity (Wildman–Crippen MR) is 77.1 cm³/mol. The van der Waals surface area contributed by atoms with Crippen LogP contribution in [0, 0.1) is 0 Å². The summed E-state index contributed by atoms with van der Waals surface area (Å²) >= 11 is 0. The van der Waals surface area contributed by atoms with Crippen LogP contribution >= 0.6 is 0 Å². The minimum Gasteiger partial charge on any atom is -0.383 e. The van der Waals surface area contributed by atoms with Crippen molar-refractivity contribution in [3.05, 3.63) is 41.6 Å². The zero-order valence-electron chi connectivity index (χ0n) is 11.1. The summed E-state index contributed by atoms with van der Waals surface area (Å²) in [6, 6.07) is 0. The molecule has 19 heavy (non-hydrogen) atoms. The summed E-state index contributed by atoms with van der Waals surface area (Å²) in [6.07, 6.45) is 9.61. The monoisotopic (exact) mass is 258 g/mol. The van der Waals surface area contributed by atoms with E-state index in [9.17, 15) is 5.11 Å².